The number of ether oxygens (including phenoxy) is 2. The van der Waals surface area contributed by atoms with Gasteiger partial charge in [-0.2, -0.15) is 4.98 Å². The maximum absolute atomic E-state index is 12.6. The van der Waals surface area contributed by atoms with E-state index in [9.17, 15) is 24.6 Å². The maximum atomic E-state index is 12.6. The maximum Gasteiger partial charge on any atom is 0.351 e. The third-order valence-electron chi connectivity index (χ3n) is 9.08. The zero-order valence-electron chi connectivity index (χ0n) is 28.2. The van der Waals surface area contributed by atoms with Crippen molar-refractivity contribution in [2.24, 2.45) is 0 Å². The predicted octanol–water partition coefficient (Wildman–Crippen LogP) is 6.43. The number of carbonyl (C=O) groups is 2. The molecule has 46 heavy (non-hydrogen) atoms. The summed E-state index contributed by atoms with van der Waals surface area (Å²) in [7, 11) is 0. The molecule has 0 bridgehead atoms. The molecule has 0 aromatic carbocycles. The second kappa shape index (κ2) is 22.9. The summed E-state index contributed by atoms with van der Waals surface area (Å²) in [6.07, 6.45) is 22.1. The van der Waals surface area contributed by atoms with Crippen molar-refractivity contribution in [1.29, 1.82) is 0 Å². The molecular weight excluding hydrogens is 590 g/mol. The molecule has 1 aromatic rings. The van der Waals surface area contributed by atoms with Gasteiger partial charge in [0.05, 0.1) is 12.8 Å². The second-order valence-electron chi connectivity index (χ2n) is 13.0. The van der Waals surface area contributed by atoms with E-state index in [1.807, 2.05) is 0 Å². The number of anilines is 1. The van der Waals surface area contributed by atoms with E-state index in [1.54, 1.807) is 0 Å². The van der Waals surface area contributed by atoms with Gasteiger partial charge in [-0.15, -0.1) is 0 Å². The molecule has 2 rings (SSSR count). The number of hydrogen-bond donors (Lipinski definition) is 4. The van der Waals surface area contributed by atoms with Crippen LogP contribution in [0, 0.1) is 0 Å². The molecule has 0 unspecified atom stereocenters. The van der Waals surface area contributed by atoms with Crippen LogP contribution in [-0.2, 0) is 19.1 Å². The number of nitrogens with zero attached hydrogens (tertiary/aromatic N) is 2. The number of hydrogen-bond acceptors (Lipinski definition) is 9. The Bertz CT molecular complexity index is 1050. The van der Waals surface area contributed by atoms with Gasteiger partial charge in [0.2, 0.25) is 0 Å². The largest absolute Gasteiger partial charge is 0.481 e. The number of aliphatic hydroxyl groups excluding tert-OH is 1. The Morgan fingerprint density at radius 1 is 0.870 bits per heavy atom. The van der Waals surface area contributed by atoms with Crippen molar-refractivity contribution in [2.45, 2.75) is 179 Å². The molecule has 2 heterocycles. The summed E-state index contributed by atoms with van der Waals surface area (Å²) >= 11 is 0. The molecule has 1 fully saturated rings. The Labute approximate surface area is 275 Å². The molecule has 1 aliphatic heterocycles. The molecule has 0 radical (unpaired) electrons. The zero-order chi connectivity index (χ0) is 33.6. The van der Waals surface area contributed by atoms with E-state index < -0.39 is 48.3 Å². The fourth-order valence-corrected chi connectivity index (χ4v) is 6.26. The van der Waals surface area contributed by atoms with E-state index in [1.165, 1.54) is 115 Å². The molecule has 4 atom stereocenters. The van der Waals surface area contributed by atoms with Gasteiger partial charge in [-0.05, 0) is 12.5 Å². The predicted molar refractivity (Wildman–Crippen MR) is 178 cm³/mol. The number of esters is 1. The molecule has 1 aromatic heterocycles. The van der Waals surface area contributed by atoms with E-state index in [0.29, 0.717) is 6.42 Å². The van der Waals surface area contributed by atoms with Crippen LogP contribution in [0.3, 0.4) is 0 Å². The molecule has 264 valence electrons. The highest BCUT2D eigenvalue weighted by Gasteiger charge is 2.56. The Morgan fingerprint density at radius 3 is 1.80 bits per heavy atom. The van der Waals surface area contributed by atoms with Crippen LogP contribution < -0.4 is 11.4 Å². The minimum Gasteiger partial charge on any atom is -0.481 e. The number of aliphatic hydroxyl groups is 2. The van der Waals surface area contributed by atoms with E-state index in [-0.39, 0.29) is 25.1 Å². The number of nitrogen functional groups attached to an aromatic ring is 1. The van der Waals surface area contributed by atoms with E-state index >= 15 is 0 Å². The van der Waals surface area contributed by atoms with Gasteiger partial charge in [-0.25, -0.2) is 4.79 Å². The summed E-state index contributed by atoms with van der Waals surface area (Å²) in [4.78, 5) is 38.9. The minimum atomic E-state index is -1.83. The van der Waals surface area contributed by atoms with Crippen molar-refractivity contribution >= 4 is 17.8 Å². The number of rotatable bonds is 27. The molecule has 0 saturated carbocycles. The van der Waals surface area contributed by atoms with Crippen LogP contribution in [0.2, 0.25) is 0 Å². The average molecular weight is 652 g/mol. The monoisotopic (exact) mass is 651 g/mol. The standard InChI is InChI=1S/C35H61N3O8/c1-2-3-4-5-6-7-8-9-10-11-12-13-14-15-16-17-18-19-20-21-25-35(44)32(42)28(27-45-31(41)23-22-30(39)40)46-33(35)38-26-24-29(36)37-34(38)43/h24,26,28,32-33,42,44H,2-23,25,27H2,1H3,(H,39,40)(H2,36,37,43)/t28-,32-,33-,35-/m1/s1. The molecule has 5 N–H and O–H groups in total. The normalized spacial score (nSPS) is 21.1. The first-order valence-corrected chi connectivity index (χ1v) is 18.0. The fraction of sp³-hybridized carbons (Fsp3) is 0.829. The van der Waals surface area contributed by atoms with Crippen LogP contribution in [0.1, 0.15) is 161 Å². The number of carboxylic acid groups (broad SMARTS) is 1. The van der Waals surface area contributed by atoms with Gasteiger partial charge in [-0.1, -0.05) is 135 Å². The third-order valence-corrected chi connectivity index (χ3v) is 9.08. The summed E-state index contributed by atoms with van der Waals surface area (Å²) in [6, 6.07) is 1.40. The first-order chi connectivity index (χ1) is 22.2. The molecule has 0 amide bonds. The topological polar surface area (TPSA) is 174 Å². The summed E-state index contributed by atoms with van der Waals surface area (Å²) in [5.41, 5.74) is 3.06. The van der Waals surface area contributed by atoms with Crippen molar-refractivity contribution in [3.63, 3.8) is 0 Å². The summed E-state index contributed by atoms with van der Waals surface area (Å²) in [5.74, 6) is -1.87. The van der Waals surface area contributed by atoms with Crippen LogP contribution >= 0.6 is 0 Å². The number of carbonyl (C=O) groups excluding carboxylic acids is 1. The highest BCUT2D eigenvalue weighted by atomic mass is 16.6. The number of nitrogens with two attached hydrogens (primary N) is 1. The van der Waals surface area contributed by atoms with Crippen LogP contribution in [0.4, 0.5) is 5.82 Å². The number of unbranched alkanes of at least 4 members (excludes halogenated alkanes) is 19. The Kier molecular flexibility index (Phi) is 19.8. The van der Waals surface area contributed by atoms with Crippen molar-refractivity contribution in [3.8, 4) is 0 Å². The fourth-order valence-electron chi connectivity index (χ4n) is 6.26. The lowest BCUT2D eigenvalue weighted by atomic mass is 9.88. The minimum absolute atomic E-state index is 0.0151. The van der Waals surface area contributed by atoms with E-state index in [0.717, 1.165) is 23.8 Å². The Hall–Kier alpha value is -2.50. The summed E-state index contributed by atoms with van der Waals surface area (Å²) in [6.45, 7) is 1.87. The molecule has 11 nitrogen and oxygen atoms in total. The van der Waals surface area contributed by atoms with Gasteiger partial charge in [-0.3, -0.25) is 14.2 Å². The van der Waals surface area contributed by atoms with Crippen molar-refractivity contribution in [2.75, 3.05) is 12.3 Å². The molecule has 0 aliphatic carbocycles. The molecule has 0 spiro atoms. The highest BCUT2D eigenvalue weighted by molar-refractivity contribution is 5.76. The average Bonchev–Trinajstić information content (AvgIpc) is 3.27. The van der Waals surface area contributed by atoms with Crippen molar-refractivity contribution in [3.05, 3.63) is 22.7 Å². The lowest BCUT2D eigenvalue weighted by Gasteiger charge is -2.31. The molecule has 11 heteroatoms. The van der Waals surface area contributed by atoms with Crippen LogP contribution in [0.15, 0.2) is 17.1 Å². The van der Waals surface area contributed by atoms with Gasteiger partial charge >= 0.3 is 17.6 Å². The van der Waals surface area contributed by atoms with Crippen LogP contribution in [0.25, 0.3) is 0 Å². The first-order valence-electron chi connectivity index (χ1n) is 18.0. The number of aromatic nitrogens is 2. The Morgan fingerprint density at radius 2 is 1.35 bits per heavy atom. The third kappa shape index (κ3) is 14.9. The van der Waals surface area contributed by atoms with E-state index in [4.69, 9.17) is 20.3 Å². The molecular formula is C35H61N3O8. The Balaban J connectivity index is 1.64. The van der Waals surface area contributed by atoms with Crippen LogP contribution in [-0.4, -0.2) is 61.2 Å². The summed E-state index contributed by atoms with van der Waals surface area (Å²) in [5, 5.41) is 31.4. The van der Waals surface area contributed by atoms with Gasteiger partial charge in [0, 0.05) is 6.20 Å². The van der Waals surface area contributed by atoms with Gasteiger partial charge < -0.3 is 30.5 Å². The van der Waals surface area contributed by atoms with Gasteiger partial charge in [0.1, 0.15) is 30.2 Å². The number of aliphatic carboxylic acids is 1. The zero-order valence-corrected chi connectivity index (χ0v) is 28.2. The molecule has 1 aliphatic rings. The SMILES string of the molecule is CCCCCCCCCCCCCCCCCCCCCC[C@@]1(O)[C@H](O)[C@@H](COC(=O)CCC(=O)O)O[C@H]1n1ccc(N)nc1=O. The van der Waals surface area contributed by atoms with E-state index in [2.05, 4.69) is 11.9 Å². The van der Waals surface area contributed by atoms with Crippen LogP contribution in [0.5, 0.6) is 0 Å². The lowest BCUT2D eigenvalue weighted by molar-refractivity contribution is -0.152. The van der Waals surface area contributed by atoms with Crippen molar-refractivity contribution < 1.29 is 34.4 Å². The second-order valence-corrected chi connectivity index (χ2v) is 13.0. The number of carboxylic acids is 1. The van der Waals surface area contributed by atoms with Gasteiger partial charge in [0.15, 0.2) is 6.23 Å². The lowest BCUT2D eigenvalue weighted by Crippen LogP contribution is -2.49. The first kappa shape index (κ1) is 39.7. The quantitative estimate of drug-likeness (QED) is 0.0612. The van der Waals surface area contributed by atoms with Crippen molar-refractivity contribution in [1.82, 2.24) is 9.55 Å². The smallest absolute Gasteiger partial charge is 0.351 e. The highest BCUT2D eigenvalue weighted by Crippen LogP contribution is 2.41. The summed E-state index contributed by atoms with van der Waals surface area (Å²) < 4.78 is 12.0. The molecule has 1 saturated heterocycles. The van der Waals surface area contributed by atoms with Gasteiger partial charge in [0.25, 0.3) is 0 Å².